The molecule has 0 amide bonds. The summed E-state index contributed by atoms with van der Waals surface area (Å²) in [6.45, 7) is 8.87. The largest absolute Gasteiger partial charge is 0.497 e. The van der Waals surface area contributed by atoms with E-state index in [1.54, 1.807) is 7.11 Å². The van der Waals surface area contributed by atoms with E-state index in [9.17, 15) is 0 Å². The Labute approximate surface area is 146 Å². The van der Waals surface area contributed by atoms with Crippen LogP contribution in [0.15, 0.2) is 30.5 Å². The molecule has 1 aromatic heterocycles. The highest BCUT2D eigenvalue weighted by atomic mass is 16.5. The molecule has 0 spiro atoms. The molecule has 24 heavy (non-hydrogen) atoms. The van der Waals surface area contributed by atoms with Crippen molar-refractivity contribution in [3.63, 3.8) is 0 Å². The van der Waals surface area contributed by atoms with Gasteiger partial charge < -0.3 is 15.0 Å². The van der Waals surface area contributed by atoms with Crippen molar-refractivity contribution in [3.8, 4) is 5.75 Å². The number of nitrogens with zero attached hydrogens (tertiary/aromatic N) is 2. The number of anilines is 1. The Hall–Kier alpha value is -1.81. The molecule has 132 valence electrons. The maximum atomic E-state index is 5.42. The second-order valence-corrected chi connectivity index (χ2v) is 6.23. The van der Waals surface area contributed by atoms with E-state index in [0.717, 1.165) is 35.4 Å². The van der Waals surface area contributed by atoms with Gasteiger partial charge in [0.05, 0.1) is 18.3 Å². The summed E-state index contributed by atoms with van der Waals surface area (Å²) in [6.07, 6.45) is 6.89. The van der Waals surface area contributed by atoms with Gasteiger partial charge in [0, 0.05) is 30.7 Å². The van der Waals surface area contributed by atoms with Crippen molar-refractivity contribution >= 4 is 16.6 Å². The predicted molar refractivity (Wildman–Crippen MR) is 103 cm³/mol. The Morgan fingerprint density at radius 3 is 2.50 bits per heavy atom. The number of ether oxygens (including phenoxy) is 1. The maximum Gasteiger partial charge on any atom is 0.121 e. The molecular formula is C20H31N3O. The topological polar surface area (TPSA) is 37.4 Å². The maximum absolute atomic E-state index is 5.42. The highest BCUT2D eigenvalue weighted by Crippen LogP contribution is 2.27. The van der Waals surface area contributed by atoms with Gasteiger partial charge in [0.1, 0.15) is 5.75 Å². The van der Waals surface area contributed by atoms with Crippen molar-refractivity contribution < 1.29 is 4.74 Å². The van der Waals surface area contributed by atoms with Crippen LogP contribution in [0, 0.1) is 0 Å². The van der Waals surface area contributed by atoms with E-state index < -0.39 is 0 Å². The first-order valence-corrected chi connectivity index (χ1v) is 9.17. The minimum Gasteiger partial charge on any atom is -0.497 e. The number of unbranched alkanes of at least 4 members (excludes halogenated alkanes) is 2. The average Bonchev–Trinajstić information content (AvgIpc) is 2.63. The molecule has 0 radical (unpaired) electrons. The molecule has 4 nitrogen and oxygen atoms in total. The zero-order valence-electron chi connectivity index (χ0n) is 15.3. The third-order valence-electron chi connectivity index (χ3n) is 4.31. The smallest absolute Gasteiger partial charge is 0.121 e. The van der Waals surface area contributed by atoms with Crippen LogP contribution < -0.4 is 10.1 Å². The number of fused-ring (bicyclic) bond motifs is 1. The van der Waals surface area contributed by atoms with E-state index in [1.165, 1.54) is 38.8 Å². The summed E-state index contributed by atoms with van der Waals surface area (Å²) in [4.78, 5) is 7.09. The molecule has 0 aliphatic heterocycles. The van der Waals surface area contributed by atoms with Gasteiger partial charge in [0.15, 0.2) is 0 Å². The molecule has 1 heterocycles. The van der Waals surface area contributed by atoms with Crippen LogP contribution in [0.1, 0.15) is 39.5 Å². The lowest BCUT2D eigenvalue weighted by molar-refractivity contribution is 0.275. The summed E-state index contributed by atoms with van der Waals surface area (Å²) in [5.41, 5.74) is 2.06. The minimum atomic E-state index is 0.867. The molecule has 0 aliphatic rings. The number of benzene rings is 1. The highest BCUT2D eigenvalue weighted by molar-refractivity contribution is 5.91. The van der Waals surface area contributed by atoms with Crippen molar-refractivity contribution in [2.45, 2.75) is 39.5 Å². The van der Waals surface area contributed by atoms with Gasteiger partial charge in [-0.05, 0) is 38.1 Å². The Bertz CT molecular complexity index is 607. The fourth-order valence-corrected chi connectivity index (χ4v) is 2.86. The number of nitrogens with one attached hydrogen (secondary N) is 1. The summed E-state index contributed by atoms with van der Waals surface area (Å²) < 4.78 is 5.42. The zero-order valence-corrected chi connectivity index (χ0v) is 15.3. The van der Waals surface area contributed by atoms with Gasteiger partial charge in [-0.3, -0.25) is 4.98 Å². The van der Waals surface area contributed by atoms with E-state index in [4.69, 9.17) is 4.74 Å². The van der Waals surface area contributed by atoms with Gasteiger partial charge in [0.25, 0.3) is 0 Å². The van der Waals surface area contributed by atoms with E-state index in [1.807, 2.05) is 24.4 Å². The lowest BCUT2D eigenvalue weighted by atomic mass is 10.1. The van der Waals surface area contributed by atoms with Crippen LogP contribution in [-0.4, -0.2) is 43.2 Å². The first kappa shape index (κ1) is 18.5. The average molecular weight is 329 g/mol. The van der Waals surface area contributed by atoms with Gasteiger partial charge in [-0.2, -0.15) is 0 Å². The van der Waals surface area contributed by atoms with Gasteiger partial charge in [-0.25, -0.2) is 0 Å². The molecule has 0 bridgehead atoms. The summed E-state index contributed by atoms with van der Waals surface area (Å²) in [7, 11) is 1.71. The lowest BCUT2D eigenvalue weighted by Crippen LogP contribution is -2.31. The number of hydrogen-bond acceptors (Lipinski definition) is 4. The Morgan fingerprint density at radius 1 is 1.08 bits per heavy atom. The third-order valence-corrected chi connectivity index (χ3v) is 4.31. The molecule has 1 aromatic carbocycles. The SMILES string of the molecule is CCCCN(CCCC)CCNc1cc(OC)cc2cccnc12. The molecule has 0 aliphatic carbocycles. The number of rotatable bonds is 11. The van der Waals surface area contributed by atoms with Crippen molar-refractivity contribution in [2.75, 3.05) is 38.6 Å². The second-order valence-electron chi connectivity index (χ2n) is 6.23. The molecule has 4 heteroatoms. The molecule has 0 atom stereocenters. The molecule has 1 N–H and O–H groups in total. The van der Waals surface area contributed by atoms with Crippen molar-refractivity contribution in [2.24, 2.45) is 0 Å². The Kier molecular flexibility index (Phi) is 7.83. The van der Waals surface area contributed by atoms with Crippen LogP contribution in [-0.2, 0) is 0 Å². The fourth-order valence-electron chi connectivity index (χ4n) is 2.86. The molecule has 0 saturated heterocycles. The van der Waals surface area contributed by atoms with Crippen LogP contribution in [0.25, 0.3) is 10.9 Å². The van der Waals surface area contributed by atoms with E-state index >= 15 is 0 Å². The molecule has 0 saturated carbocycles. The quantitative estimate of drug-likeness (QED) is 0.656. The van der Waals surface area contributed by atoms with Crippen LogP contribution >= 0.6 is 0 Å². The first-order chi connectivity index (χ1) is 11.8. The Morgan fingerprint density at radius 2 is 1.83 bits per heavy atom. The van der Waals surface area contributed by atoms with Crippen LogP contribution in [0.5, 0.6) is 5.75 Å². The van der Waals surface area contributed by atoms with Crippen molar-refractivity contribution in [1.82, 2.24) is 9.88 Å². The lowest BCUT2D eigenvalue weighted by Gasteiger charge is -2.22. The van der Waals surface area contributed by atoms with Crippen molar-refractivity contribution in [1.29, 1.82) is 0 Å². The second kappa shape index (κ2) is 10.1. The van der Waals surface area contributed by atoms with E-state index in [-0.39, 0.29) is 0 Å². The monoisotopic (exact) mass is 329 g/mol. The van der Waals surface area contributed by atoms with Crippen LogP contribution in [0.3, 0.4) is 0 Å². The van der Waals surface area contributed by atoms with E-state index in [2.05, 4.69) is 35.1 Å². The number of pyridine rings is 1. The summed E-state index contributed by atoms with van der Waals surface area (Å²) in [5, 5.41) is 4.67. The van der Waals surface area contributed by atoms with E-state index in [0.29, 0.717) is 0 Å². The normalized spacial score (nSPS) is 11.2. The van der Waals surface area contributed by atoms with Crippen LogP contribution in [0.2, 0.25) is 0 Å². The van der Waals surface area contributed by atoms with Gasteiger partial charge in [-0.15, -0.1) is 0 Å². The molecule has 0 unspecified atom stereocenters. The first-order valence-electron chi connectivity index (χ1n) is 9.17. The number of aromatic nitrogens is 1. The molecule has 0 fully saturated rings. The summed E-state index contributed by atoms with van der Waals surface area (Å²) >= 11 is 0. The minimum absolute atomic E-state index is 0.867. The van der Waals surface area contributed by atoms with Crippen molar-refractivity contribution in [3.05, 3.63) is 30.5 Å². The Balaban J connectivity index is 2.00. The fraction of sp³-hybridized carbons (Fsp3) is 0.550. The van der Waals surface area contributed by atoms with Gasteiger partial charge in [0.2, 0.25) is 0 Å². The molecule has 2 aromatic rings. The summed E-state index contributed by atoms with van der Waals surface area (Å²) in [5.74, 6) is 0.867. The number of methoxy groups -OCH3 is 1. The number of hydrogen-bond donors (Lipinski definition) is 1. The highest BCUT2D eigenvalue weighted by Gasteiger charge is 2.07. The molecular weight excluding hydrogens is 298 g/mol. The standard InChI is InChI=1S/C20H31N3O/c1-4-6-12-23(13-7-5-2)14-11-21-19-16-18(24-3)15-17-9-8-10-22-20(17)19/h8-10,15-16,21H,4-7,11-14H2,1-3H3. The zero-order chi connectivity index (χ0) is 17.2. The van der Waals surface area contributed by atoms with Crippen LogP contribution in [0.4, 0.5) is 5.69 Å². The molecule has 2 rings (SSSR count). The van der Waals surface area contributed by atoms with Gasteiger partial charge >= 0.3 is 0 Å². The van der Waals surface area contributed by atoms with Gasteiger partial charge in [-0.1, -0.05) is 32.8 Å². The predicted octanol–water partition coefficient (Wildman–Crippen LogP) is 4.56. The summed E-state index contributed by atoms with van der Waals surface area (Å²) in [6, 6.07) is 8.10. The third kappa shape index (κ3) is 5.38.